The van der Waals surface area contributed by atoms with Crippen molar-refractivity contribution in [1.82, 2.24) is 4.98 Å². The van der Waals surface area contributed by atoms with Crippen LogP contribution in [0.4, 0.5) is 0 Å². The van der Waals surface area contributed by atoms with E-state index in [0.717, 1.165) is 22.2 Å². The fraction of sp³-hybridized carbons (Fsp3) is 0.526. The number of hydrogen-bond acceptors (Lipinski definition) is 6. The van der Waals surface area contributed by atoms with E-state index >= 15 is 0 Å². The lowest BCUT2D eigenvalue weighted by Crippen LogP contribution is -2.46. The monoisotopic (exact) mass is 394 g/mol. The molecule has 0 radical (unpaired) electrons. The molecule has 0 unspecified atom stereocenters. The molecule has 3 rings (SSSR count). The maximum absolute atomic E-state index is 12.7. The number of hydrogen-bond donors (Lipinski definition) is 1. The van der Waals surface area contributed by atoms with Crippen LogP contribution >= 0.6 is 11.3 Å². The first-order valence-electron chi connectivity index (χ1n) is 8.91. The number of nitrogens with zero attached hydrogens (tertiary/aromatic N) is 1. The standard InChI is InChI=1S/C19H26N2O3S2/c1-12(8-9-17-13(2)10-15(20)14(3)24-17)11-26(22,23)19-21-16-6-4-5-7-18(16)25-19/h4-8,13-15,17H,9-11,20H2,1-3H3/b12-8+/t13-,14+,15+,17-/m0/s1. The first kappa shape index (κ1) is 19.5. The molecule has 0 saturated carbocycles. The molecule has 5 nitrogen and oxygen atoms in total. The Morgan fingerprint density at radius 1 is 1.38 bits per heavy atom. The second kappa shape index (κ2) is 7.76. The molecule has 1 aliphatic rings. The topological polar surface area (TPSA) is 82.3 Å². The highest BCUT2D eigenvalue weighted by Gasteiger charge is 2.30. The molecule has 0 bridgehead atoms. The fourth-order valence-electron chi connectivity index (χ4n) is 3.29. The Balaban J connectivity index is 1.68. The summed E-state index contributed by atoms with van der Waals surface area (Å²) in [5.41, 5.74) is 7.59. The van der Waals surface area contributed by atoms with Gasteiger partial charge in [0.05, 0.1) is 28.2 Å². The number of rotatable bonds is 5. The number of thiazole rings is 1. The minimum absolute atomic E-state index is 0.0109. The van der Waals surface area contributed by atoms with Crippen LogP contribution < -0.4 is 5.73 Å². The van der Waals surface area contributed by atoms with Crippen molar-refractivity contribution < 1.29 is 13.2 Å². The van der Waals surface area contributed by atoms with Gasteiger partial charge in [0, 0.05) is 6.04 Å². The largest absolute Gasteiger partial charge is 0.373 e. The van der Waals surface area contributed by atoms with Crippen LogP contribution in [0.25, 0.3) is 10.2 Å². The highest BCUT2D eigenvalue weighted by Crippen LogP contribution is 2.28. The van der Waals surface area contributed by atoms with Gasteiger partial charge in [0.25, 0.3) is 0 Å². The van der Waals surface area contributed by atoms with E-state index in [2.05, 4.69) is 11.9 Å². The van der Waals surface area contributed by atoms with Crippen LogP contribution in [-0.2, 0) is 14.6 Å². The van der Waals surface area contributed by atoms with Crippen molar-refractivity contribution in [2.75, 3.05) is 5.75 Å². The van der Waals surface area contributed by atoms with Gasteiger partial charge in [-0.3, -0.25) is 0 Å². The number of ether oxygens (including phenoxy) is 1. The average Bonchev–Trinajstić information content (AvgIpc) is 3.02. The molecule has 0 amide bonds. The second-order valence-corrected chi connectivity index (χ2v) is 10.4. The van der Waals surface area contributed by atoms with Crippen molar-refractivity contribution in [2.24, 2.45) is 11.7 Å². The number of benzene rings is 1. The van der Waals surface area contributed by atoms with Gasteiger partial charge >= 0.3 is 0 Å². The minimum atomic E-state index is -3.43. The third kappa shape index (κ3) is 4.34. The Morgan fingerprint density at radius 3 is 2.85 bits per heavy atom. The smallest absolute Gasteiger partial charge is 0.210 e. The summed E-state index contributed by atoms with van der Waals surface area (Å²) in [5, 5.41) is 0. The number of nitrogens with two attached hydrogens (primary N) is 1. The second-order valence-electron chi connectivity index (χ2n) is 7.25. The van der Waals surface area contributed by atoms with E-state index in [1.165, 1.54) is 11.3 Å². The number of sulfone groups is 1. The van der Waals surface area contributed by atoms with Crippen molar-refractivity contribution in [3.63, 3.8) is 0 Å². The van der Waals surface area contributed by atoms with Crippen molar-refractivity contribution in [2.45, 2.75) is 56.2 Å². The molecule has 1 aliphatic heterocycles. The molecule has 0 spiro atoms. The van der Waals surface area contributed by atoms with Crippen LogP contribution in [0.2, 0.25) is 0 Å². The molecule has 1 saturated heterocycles. The molecule has 2 aromatic rings. The van der Waals surface area contributed by atoms with Crippen LogP contribution in [0.15, 0.2) is 40.3 Å². The molecule has 1 aromatic heterocycles. The van der Waals surface area contributed by atoms with Gasteiger partial charge in [-0.2, -0.15) is 0 Å². The van der Waals surface area contributed by atoms with Crippen LogP contribution in [-0.4, -0.2) is 37.4 Å². The van der Waals surface area contributed by atoms with Gasteiger partial charge < -0.3 is 10.5 Å². The summed E-state index contributed by atoms with van der Waals surface area (Å²) >= 11 is 1.23. The Morgan fingerprint density at radius 2 is 2.12 bits per heavy atom. The van der Waals surface area contributed by atoms with E-state index in [-0.39, 0.29) is 28.3 Å². The minimum Gasteiger partial charge on any atom is -0.373 e. The molecule has 1 fully saturated rings. The van der Waals surface area contributed by atoms with Crippen molar-refractivity contribution >= 4 is 31.4 Å². The van der Waals surface area contributed by atoms with Crippen LogP contribution in [0.5, 0.6) is 0 Å². The van der Waals surface area contributed by atoms with Crippen molar-refractivity contribution in [3.8, 4) is 0 Å². The molecule has 2 N–H and O–H groups in total. The van der Waals surface area contributed by atoms with E-state index in [1.807, 2.05) is 44.2 Å². The SMILES string of the molecule is C/C(=C\C[C@@H]1O[C@H](C)[C@H](N)C[C@@H]1C)CS(=O)(=O)c1nc2ccccc2s1. The van der Waals surface area contributed by atoms with E-state index in [9.17, 15) is 8.42 Å². The first-order valence-corrected chi connectivity index (χ1v) is 11.4. The quantitative estimate of drug-likeness (QED) is 0.784. The van der Waals surface area contributed by atoms with E-state index < -0.39 is 9.84 Å². The zero-order valence-corrected chi connectivity index (χ0v) is 17.0. The molecule has 7 heteroatoms. The molecule has 26 heavy (non-hydrogen) atoms. The molecule has 0 aliphatic carbocycles. The van der Waals surface area contributed by atoms with E-state index in [4.69, 9.17) is 10.5 Å². The molecule has 4 atom stereocenters. The lowest BCUT2D eigenvalue weighted by atomic mass is 9.88. The first-order chi connectivity index (χ1) is 12.3. The van der Waals surface area contributed by atoms with Crippen molar-refractivity contribution in [3.05, 3.63) is 35.9 Å². The molecular formula is C19H26N2O3S2. The van der Waals surface area contributed by atoms with E-state index in [1.54, 1.807) is 0 Å². The number of fused-ring (bicyclic) bond motifs is 1. The Kier molecular flexibility index (Phi) is 5.81. The third-order valence-electron chi connectivity index (χ3n) is 4.93. The highest BCUT2D eigenvalue weighted by molar-refractivity contribution is 7.93. The predicted octanol–water partition coefficient (Wildman–Crippen LogP) is 3.55. The summed E-state index contributed by atoms with van der Waals surface area (Å²) in [6, 6.07) is 7.55. The van der Waals surface area contributed by atoms with Crippen LogP contribution in [0.1, 0.15) is 33.6 Å². The van der Waals surface area contributed by atoms with Crippen LogP contribution in [0.3, 0.4) is 0 Å². The summed E-state index contributed by atoms with van der Waals surface area (Å²) in [4.78, 5) is 4.28. The van der Waals surface area contributed by atoms with Crippen molar-refractivity contribution in [1.29, 1.82) is 0 Å². The molecule has 2 heterocycles. The normalized spacial score (nSPS) is 27.8. The summed E-state index contributed by atoms with van der Waals surface area (Å²) in [6.07, 6.45) is 3.75. The summed E-state index contributed by atoms with van der Waals surface area (Å²) in [5.74, 6) is 0.356. The Labute approximate surface area is 159 Å². The maximum atomic E-state index is 12.7. The third-order valence-corrected chi connectivity index (χ3v) is 8.23. The lowest BCUT2D eigenvalue weighted by Gasteiger charge is -2.37. The summed E-state index contributed by atoms with van der Waals surface area (Å²) in [7, 11) is -3.43. The summed E-state index contributed by atoms with van der Waals surface area (Å²) in [6.45, 7) is 5.99. The zero-order valence-electron chi connectivity index (χ0n) is 15.4. The molecule has 142 valence electrons. The highest BCUT2D eigenvalue weighted by atomic mass is 32.2. The fourth-order valence-corrected chi connectivity index (χ4v) is 6.02. The summed E-state index contributed by atoms with van der Waals surface area (Å²) < 4.78 is 32.4. The van der Waals surface area contributed by atoms with Gasteiger partial charge in [-0.05, 0) is 44.7 Å². The molecule has 1 aromatic carbocycles. The van der Waals surface area contributed by atoms with Gasteiger partial charge in [0.2, 0.25) is 14.2 Å². The number of para-hydroxylation sites is 1. The Bertz CT molecular complexity index is 871. The Hall–Kier alpha value is -1.28. The van der Waals surface area contributed by atoms with Gasteiger partial charge in [-0.25, -0.2) is 13.4 Å². The zero-order chi connectivity index (χ0) is 18.9. The average molecular weight is 395 g/mol. The van der Waals surface area contributed by atoms with Crippen LogP contribution in [0, 0.1) is 5.92 Å². The van der Waals surface area contributed by atoms with Gasteiger partial charge in [-0.15, -0.1) is 11.3 Å². The maximum Gasteiger partial charge on any atom is 0.210 e. The van der Waals surface area contributed by atoms with E-state index in [0.29, 0.717) is 12.3 Å². The van der Waals surface area contributed by atoms with Gasteiger partial charge in [-0.1, -0.05) is 30.7 Å². The molecular weight excluding hydrogens is 368 g/mol. The van der Waals surface area contributed by atoms with Gasteiger partial charge in [0.1, 0.15) is 0 Å². The predicted molar refractivity (Wildman–Crippen MR) is 106 cm³/mol. The van der Waals surface area contributed by atoms with Gasteiger partial charge in [0.15, 0.2) is 0 Å². The number of aromatic nitrogens is 1. The lowest BCUT2D eigenvalue weighted by molar-refractivity contribution is -0.0784.